The lowest BCUT2D eigenvalue weighted by Gasteiger charge is -1.96. The molecule has 0 atom stereocenters. The normalized spacial score (nSPS) is 8.93. The summed E-state index contributed by atoms with van der Waals surface area (Å²) in [7, 11) is 0. The predicted molar refractivity (Wildman–Crippen MR) is 52.3 cm³/mol. The van der Waals surface area contributed by atoms with Crippen molar-refractivity contribution < 1.29 is 14.8 Å². The van der Waals surface area contributed by atoms with Gasteiger partial charge in [-0.25, -0.2) is 4.79 Å². The van der Waals surface area contributed by atoms with E-state index in [4.69, 9.17) is 16.7 Å². The summed E-state index contributed by atoms with van der Waals surface area (Å²) in [5.74, 6) is -1.17. The van der Waals surface area contributed by atoms with Crippen LogP contribution < -0.4 is 0 Å². The van der Waals surface area contributed by atoms with E-state index < -0.39 is 10.9 Å². The fourth-order valence-corrected chi connectivity index (χ4v) is 1.04. The average molecular weight is 238 g/mol. The van der Waals surface area contributed by atoms with E-state index in [1.165, 1.54) is 0 Å². The van der Waals surface area contributed by atoms with E-state index in [0.29, 0.717) is 0 Å². The largest absolute Gasteiger partial charge is 0.478 e. The van der Waals surface area contributed by atoms with Gasteiger partial charge in [0.15, 0.2) is 0 Å². The van der Waals surface area contributed by atoms with E-state index in [2.05, 4.69) is 0 Å². The molecule has 0 aliphatic heterocycles. The van der Waals surface area contributed by atoms with Crippen LogP contribution in [-0.4, -0.2) is 16.0 Å². The van der Waals surface area contributed by atoms with Crippen LogP contribution in [0.2, 0.25) is 5.02 Å². The van der Waals surface area contributed by atoms with Crippen molar-refractivity contribution in [3.05, 3.63) is 38.9 Å². The maximum atomic E-state index is 10.4. The Labute approximate surface area is 89.9 Å². The van der Waals surface area contributed by atoms with Gasteiger partial charge in [-0.2, -0.15) is 0 Å². The SMILES string of the molecule is Cl.O=C(O)c1ccc([N+](=O)[O-])c(Cl)c1. The zero-order valence-electron chi connectivity index (χ0n) is 6.64. The van der Waals surface area contributed by atoms with Crippen molar-refractivity contribution in [3.63, 3.8) is 0 Å². The van der Waals surface area contributed by atoms with Gasteiger partial charge in [-0.05, 0) is 12.1 Å². The van der Waals surface area contributed by atoms with Crippen molar-refractivity contribution in [3.8, 4) is 0 Å². The van der Waals surface area contributed by atoms with Crippen molar-refractivity contribution in [1.29, 1.82) is 0 Å². The molecule has 5 nitrogen and oxygen atoms in total. The van der Waals surface area contributed by atoms with Crippen molar-refractivity contribution in [1.82, 2.24) is 0 Å². The molecule has 0 radical (unpaired) electrons. The molecule has 1 N–H and O–H groups in total. The molecule has 0 bridgehead atoms. The third kappa shape index (κ3) is 2.58. The van der Waals surface area contributed by atoms with Gasteiger partial charge in [0.25, 0.3) is 5.69 Å². The Morgan fingerprint density at radius 2 is 2.07 bits per heavy atom. The highest BCUT2D eigenvalue weighted by atomic mass is 35.5. The van der Waals surface area contributed by atoms with Crippen molar-refractivity contribution in [2.24, 2.45) is 0 Å². The number of carboxylic acid groups (broad SMARTS) is 1. The number of rotatable bonds is 2. The molecule has 0 saturated heterocycles. The summed E-state index contributed by atoms with van der Waals surface area (Å²) in [6.45, 7) is 0. The summed E-state index contributed by atoms with van der Waals surface area (Å²) < 4.78 is 0. The number of nitro groups is 1. The lowest BCUT2D eigenvalue weighted by Crippen LogP contribution is -1.97. The van der Waals surface area contributed by atoms with Crippen LogP contribution in [-0.2, 0) is 0 Å². The molecule has 0 amide bonds. The number of aromatic carboxylic acids is 1. The van der Waals surface area contributed by atoms with E-state index in [1.807, 2.05) is 0 Å². The Morgan fingerprint density at radius 3 is 2.43 bits per heavy atom. The predicted octanol–water partition coefficient (Wildman–Crippen LogP) is 2.37. The third-order valence-electron chi connectivity index (χ3n) is 1.39. The highest BCUT2D eigenvalue weighted by Crippen LogP contribution is 2.24. The second-order valence-electron chi connectivity index (χ2n) is 2.23. The number of halogens is 2. The van der Waals surface area contributed by atoms with Crippen molar-refractivity contribution in [2.45, 2.75) is 0 Å². The Balaban J connectivity index is 0.00000169. The number of benzene rings is 1. The lowest BCUT2D eigenvalue weighted by atomic mass is 10.2. The number of hydrogen-bond donors (Lipinski definition) is 1. The Bertz CT molecular complexity index is 380. The average Bonchev–Trinajstić information content (AvgIpc) is 2.03. The van der Waals surface area contributed by atoms with Crippen LogP contribution in [0.25, 0.3) is 0 Å². The fraction of sp³-hybridized carbons (Fsp3) is 0. The van der Waals surface area contributed by atoms with E-state index in [9.17, 15) is 14.9 Å². The molecular weight excluding hydrogens is 233 g/mol. The molecule has 1 aromatic carbocycles. The first-order valence-electron chi connectivity index (χ1n) is 3.19. The lowest BCUT2D eigenvalue weighted by molar-refractivity contribution is -0.384. The van der Waals surface area contributed by atoms with Crippen molar-refractivity contribution >= 4 is 35.7 Å². The highest BCUT2D eigenvalue weighted by molar-refractivity contribution is 6.33. The fourth-order valence-electron chi connectivity index (χ4n) is 0.788. The second kappa shape index (κ2) is 4.78. The second-order valence-corrected chi connectivity index (χ2v) is 2.64. The van der Waals surface area contributed by atoms with Gasteiger partial charge in [-0.1, -0.05) is 11.6 Å². The van der Waals surface area contributed by atoms with Gasteiger partial charge < -0.3 is 5.11 Å². The summed E-state index contributed by atoms with van der Waals surface area (Å²) in [5, 5.41) is 18.6. The first kappa shape index (κ1) is 12.7. The molecule has 14 heavy (non-hydrogen) atoms. The highest BCUT2D eigenvalue weighted by Gasteiger charge is 2.14. The first-order chi connectivity index (χ1) is 6.02. The first-order valence-corrected chi connectivity index (χ1v) is 3.57. The summed E-state index contributed by atoms with van der Waals surface area (Å²) in [4.78, 5) is 20.0. The molecule has 1 rings (SSSR count). The minimum Gasteiger partial charge on any atom is -0.478 e. The van der Waals surface area contributed by atoms with Crippen LogP contribution in [0.5, 0.6) is 0 Å². The number of nitrogens with zero attached hydrogens (tertiary/aromatic N) is 1. The van der Waals surface area contributed by atoms with E-state index in [1.54, 1.807) is 0 Å². The van der Waals surface area contributed by atoms with Gasteiger partial charge in [0.2, 0.25) is 0 Å². The molecule has 0 unspecified atom stereocenters. The summed E-state index contributed by atoms with van der Waals surface area (Å²) >= 11 is 5.46. The third-order valence-corrected chi connectivity index (χ3v) is 1.69. The molecule has 76 valence electrons. The number of nitro benzene ring substituents is 1. The zero-order valence-corrected chi connectivity index (χ0v) is 8.21. The number of carboxylic acids is 1. The van der Waals surface area contributed by atoms with E-state index in [-0.39, 0.29) is 28.7 Å². The molecule has 0 heterocycles. The minimum atomic E-state index is -1.17. The smallest absolute Gasteiger partial charge is 0.335 e. The molecule has 7 heteroatoms. The van der Waals surface area contributed by atoms with Crippen LogP contribution in [0.15, 0.2) is 18.2 Å². The molecule has 0 fully saturated rings. The maximum absolute atomic E-state index is 10.4. The van der Waals surface area contributed by atoms with Crippen LogP contribution >= 0.6 is 24.0 Å². The zero-order chi connectivity index (χ0) is 10.0. The minimum absolute atomic E-state index is 0. The van der Waals surface area contributed by atoms with E-state index in [0.717, 1.165) is 18.2 Å². The van der Waals surface area contributed by atoms with Crippen LogP contribution in [0.4, 0.5) is 5.69 Å². The molecule has 1 aromatic rings. The van der Waals surface area contributed by atoms with Gasteiger partial charge in [0.1, 0.15) is 5.02 Å². The molecule has 0 aliphatic rings. The molecule has 0 aliphatic carbocycles. The van der Waals surface area contributed by atoms with Crippen molar-refractivity contribution in [2.75, 3.05) is 0 Å². The maximum Gasteiger partial charge on any atom is 0.335 e. The van der Waals surface area contributed by atoms with Gasteiger partial charge >= 0.3 is 5.97 Å². The molecule has 0 saturated carbocycles. The molecule has 0 spiro atoms. The van der Waals surface area contributed by atoms with Gasteiger partial charge in [-0.3, -0.25) is 10.1 Å². The van der Waals surface area contributed by atoms with Crippen LogP contribution in [0, 0.1) is 10.1 Å². The summed E-state index contributed by atoms with van der Waals surface area (Å²) in [6.07, 6.45) is 0. The van der Waals surface area contributed by atoms with Crippen LogP contribution in [0.3, 0.4) is 0 Å². The Morgan fingerprint density at radius 1 is 1.50 bits per heavy atom. The monoisotopic (exact) mass is 237 g/mol. The topological polar surface area (TPSA) is 80.4 Å². The number of hydrogen-bond acceptors (Lipinski definition) is 3. The summed E-state index contributed by atoms with van der Waals surface area (Å²) in [5.41, 5.74) is -0.373. The quantitative estimate of drug-likeness (QED) is 0.633. The Kier molecular flexibility index (Phi) is 4.33. The van der Waals surface area contributed by atoms with Gasteiger partial charge in [-0.15, -0.1) is 12.4 Å². The molecule has 0 aromatic heterocycles. The standard InChI is InChI=1S/C7H4ClNO4.ClH/c8-5-3-4(7(10)11)1-2-6(5)9(12)13;/h1-3H,(H,10,11);1H. The van der Waals surface area contributed by atoms with Gasteiger partial charge in [0, 0.05) is 6.07 Å². The Hall–Kier alpha value is -1.33. The van der Waals surface area contributed by atoms with E-state index >= 15 is 0 Å². The number of carbonyl (C=O) groups is 1. The van der Waals surface area contributed by atoms with Crippen LogP contribution in [0.1, 0.15) is 10.4 Å². The van der Waals surface area contributed by atoms with Gasteiger partial charge in [0.05, 0.1) is 10.5 Å². The summed E-state index contributed by atoms with van der Waals surface area (Å²) in [6, 6.07) is 3.24. The molecular formula is C7H5Cl2NO4.